The van der Waals surface area contributed by atoms with Crippen LogP contribution < -0.4 is 10.2 Å². The number of benzene rings is 1. The Kier molecular flexibility index (Phi) is 5.13. The fraction of sp³-hybridized carbons (Fsp3) is 0.353. The summed E-state index contributed by atoms with van der Waals surface area (Å²) < 4.78 is 0. The first-order valence-corrected chi connectivity index (χ1v) is 7.14. The standard InChI is InChI=1S/C17H23N3/c1-4-20(17-10-5-7-14(2)11-17)13-16-9-6-8-15(19-16)12-18-3/h5-11,18H,4,12-13H2,1-3H3. The first-order chi connectivity index (χ1) is 9.72. The highest BCUT2D eigenvalue weighted by molar-refractivity contribution is 5.48. The lowest BCUT2D eigenvalue weighted by atomic mass is 10.2. The van der Waals surface area contributed by atoms with E-state index < -0.39 is 0 Å². The first-order valence-electron chi connectivity index (χ1n) is 7.14. The van der Waals surface area contributed by atoms with Crippen LogP contribution in [0.3, 0.4) is 0 Å². The molecular formula is C17H23N3. The molecule has 0 aliphatic carbocycles. The van der Waals surface area contributed by atoms with E-state index in [9.17, 15) is 0 Å². The molecule has 0 atom stereocenters. The van der Waals surface area contributed by atoms with Crippen molar-refractivity contribution >= 4 is 5.69 Å². The Morgan fingerprint density at radius 3 is 2.55 bits per heavy atom. The summed E-state index contributed by atoms with van der Waals surface area (Å²) in [7, 11) is 1.94. The van der Waals surface area contributed by atoms with Gasteiger partial charge in [0, 0.05) is 18.8 Å². The molecular weight excluding hydrogens is 246 g/mol. The molecule has 0 aliphatic rings. The molecule has 3 heteroatoms. The third-order valence-corrected chi connectivity index (χ3v) is 3.32. The second kappa shape index (κ2) is 7.06. The summed E-state index contributed by atoms with van der Waals surface area (Å²) in [5, 5.41) is 3.14. The van der Waals surface area contributed by atoms with Gasteiger partial charge in [-0.2, -0.15) is 0 Å². The molecule has 0 aliphatic heterocycles. The molecule has 3 nitrogen and oxygen atoms in total. The third-order valence-electron chi connectivity index (χ3n) is 3.32. The number of hydrogen-bond donors (Lipinski definition) is 1. The Labute approximate surface area is 121 Å². The molecule has 20 heavy (non-hydrogen) atoms. The van der Waals surface area contributed by atoms with Crippen LogP contribution in [0.15, 0.2) is 42.5 Å². The van der Waals surface area contributed by atoms with E-state index in [0.29, 0.717) is 0 Å². The molecule has 1 N–H and O–H groups in total. The lowest BCUT2D eigenvalue weighted by molar-refractivity contribution is 0.761. The van der Waals surface area contributed by atoms with Crippen LogP contribution in [0.4, 0.5) is 5.69 Å². The van der Waals surface area contributed by atoms with Crippen LogP contribution in [-0.2, 0) is 13.1 Å². The number of anilines is 1. The van der Waals surface area contributed by atoms with Crippen LogP contribution in [0.1, 0.15) is 23.9 Å². The Morgan fingerprint density at radius 2 is 1.85 bits per heavy atom. The van der Waals surface area contributed by atoms with Gasteiger partial charge in [0.2, 0.25) is 0 Å². The molecule has 106 valence electrons. The number of hydrogen-bond acceptors (Lipinski definition) is 3. The summed E-state index contributed by atoms with van der Waals surface area (Å²) in [6.45, 7) is 6.94. The van der Waals surface area contributed by atoms with Crippen molar-refractivity contribution in [2.75, 3.05) is 18.5 Å². The number of rotatable bonds is 6. The molecule has 1 heterocycles. The van der Waals surface area contributed by atoms with Gasteiger partial charge >= 0.3 is 0 Å². The molecule has 0 saturated heterocycles. The third kappa shape index (κ3) is 3.81. The van der Waals surface area contributed by atoms with Gasteiger partial charge in [0.25, 0.3) is 0 Å². The van der Waals surface area contributed by atoms with E-state index in [1.165, 1.54) is 11.3 Å². The lowest BCUT2D eigenvalue weighted by Gasteiger charge is -2.23. The van der Waals surface area contributed by atoms with E-state index >= 15 is 0 Å². The van der Waals surface area contributed by atoms with E-state index in [2.05, 4.69) is 66.5 Å². The summed E-state index contributed by atoms with van der Waals surface area (Å²) >= 11 is 0. The zero-order valence-electron chi connectivity index (χ0n) is 12.6. The number of pyridine rings is 1. The minimum atomic E-state index is 0.810. The average molecular weight is 269 g/mol. The molecule has 0 bridgehead atoms. The largest absolute Gasteiger partial charge is 0.366 e. The molecule has 2 rings (SSSR count). The normalized spacial score (nSPS) is 10.6. The van der Waals surface area contributed by atoms with Gasteiger partial charge in [-0.15, -0.1) is 0 Å². The van der Waals surface area contributed by atoms with Crippen molar-refractivity contribution in [3.05, 3.63) is 59.4 Å². The summed E-state index contributed by atoms with van der Waals surface area (Å²) in [4.78, 5) is 7.04. The Balaban J connectivity index is 2.15. The van der Waals surface area contributed by atoms with Crippen molar-refractivity contribution in [2.24, 2.45) is 0 Å². The number of aromatic nitrogens is 1. The minimum Gasteiger partial charge on any atom is -0.366 e. The number of nitrogens with one attached hydrogen (secondary N) is 1. The van der Waals surface area contributed by atoms with E-state index in [1.54, 1.807) is 0 Å². The first kappa shape index (κ1) is 14.5. The maximum absolute atomic E-state index is 4.69. The lowest BCUT2D eigenvalue weighted by Crippen LogP contribution is -2.23. The van der Waals surface area contributed by atoms with Crippen molar-refractivity contribution in [3.8, 4) is 0 Å². The Hall–Kier alpha value is -1.87. The smallest absolute Gasteiger partial charge is 0.0602 e. The SMILES string of the molecule is CCN(Cc1cccc(CNC)n1)c1cccc(C)c1. The summed E-state index contributed by atoms with van der Waals surface area (Å²) in [5.41, 5.74) is 4.75. The van der Waals surface area contributed by atoms with Crippen molar-refractivity contribution < 1.29 is 0 Å². The predicted molar refractivity (Wildman–Crippen MR) is 84.9 cm³/mol. The molecule has 0 saturated carbocycles. The van der Waals surface area contributed by atoms with Gasteiger partial charge in [-0.25, -0.2) is 0 Å². The van der Waals surface area contributed by atoms with Gasteiger partial charge in [0.05, 0.1) is 17.9 Å². The van der Waals surface area contributed by atoms with Crippen LogP contribution in [0.25, 0.3) is 0 Å². The van der Waals surface area contributed by atoms with Crippen LogP contribution in [0.5, 0.6) is 0 Å². The highest BCUT2D eigenvalue weighted by Gasteiger charge is 2.07. The zero-order chi connectivity index (χ0) is 14.4. The molecule has 1 aromatic carbocycles. The van der Waals surface area contributed by atoms with E-state index in [4.69, 9.17) is 4.98 Å². The van der Waals surface area contributed by atoms with Gasteiger partial charge in [-0.3, -0.25) is 4.98 Å². The van der Waals surface area contributed by atoms with Gasteiger partial charge in [-0.05, 0) is 50.7 Å². The molecule has 0 unspecified atom stereocenters. The quantitative estimate of drug-likeness (QED) is 0.873. The second-order valence-electron chi connectivity index (χ2n) is 5.00. The highest BCUT2D eigenvalue weighted by atomic mass is 15.1. The van der Waals surface area contributed by atoms with Gasteiger partial charge in [-0.1, -0.05) is 18.2 Å². The van der Waals surface area contributed by atoms with Crippen molar-refractivity contribution in [2.45, 2.75) is 26.9 Å². The number of nitrogens with zero attached hydrogens (tertiary/aromatic N) is 2. The van der Waals surface area contributed by atoms with Crippen LogP contribution in [-0.4, -0.2) is 18.6 Å². The van der Waals surface area contributed by atoms with Crippen LogP contribution in [0.2, 0.25) is 0 Å². The number of aryl methyl sites for hydroxylation is 1. The van der Waals surface area contributed by atoms with E-state index in [1.807, 2.05) is 7.05 Å². The molecule has 1 aromatic heterocycles. The molecule has 0 spiro atoms. The van der Waals surface area contributed by atoms with Crippen LogP contribution in [0, 0.1) is 6.92 Å². The maximum Gasteiger partial charge on any atom is 0.0602 e. The topological polar surface area (TPSA) is 28.2 Å². The van der Waals surface area contributed by atoms with Gasteiger partial charge in [0.1, 0.15) is 0 Å². The monoisotopic (exact) mass is 269 g/mol. The Bertz CT molecular complexity index is 551. The highest BCUT2D eigenvalue weighted by Crippen LogP contribution is 2.17. The van der Waals surface area contributed by atoms with E-state index in [-0.39, 0.29) is 0 Å². The summed E-state index contributed by atoms with van der Waals surface area (Å²) in [6, 6.07) is 14.9. The summed E-state index contributed by atoms with van der Waals surface area (Å²) in [5.74, 6) is 0. The minimum absolute atomic E-state index is 0.810. The molecule has 0 fully saturated rings. The summed E-state index contributed by atoms with van der Waals surface area (Å²) in [6.07, 6.45) is 0. The van der Waals surface area contributed by atoms with Gasteiger partial charge in [0.15, 0.2) is 0 Å². The fourth-order valence-electron chi connectivity index (χ4n) is 2.30. The molecule has 0 radical (unpaired) electrons. The van der Waals surface area contributed by atoms with E-state index in [0.717, 1.165) is 31.0 Å². The van der Waals surface area contributed by atoms with Crippen molar-refractivity contribution in [1.29, 1.82) is 0 Å². The fourth-order valence-corrected chi connectivity index (χ4v) is 2.30. The van der Waals surface area contributed by atoms with Crippen molar-refractivity contribution in [1.82, 2.24) is 10.3 Å². The molecule has 0 amide bonds. The molecule has 2 aromatic rings. The van der Waals surface area contributed by atoms with Crippen molar-refractivity contribution in [3.63, 3.8) is 0 Å². The zero-order valence-corrected chi connectivity index (χ0v) is 12.6. The predicted octanol–water partition coefficient (Wildman–Crippen LogP) is 3.14. The second-order valence-corrected chi connectivity index (χ2v) is 5.00. The average Bonchev–Trinajstić information content (AvgIpc) is 2.45. The van der Waals surface area contributed by atoms with Gasteiger partial charge < -0.3 is 10.2 Å². The Morgan fingerprint density at radius 1 is 1.10 bits per heavy atom. The van der Waals surface area contributed by atoms with Crippen LogP contribution >= 0.6 is 0 Å². The maximum atomic E-state index is 4.69.